The lowest BCUT2D eigenvalue weighted by atomic mass is 10.1. The molecule has 0 aliphatic carbocycles. The molecule has 0 aromatic heterocycles. The molecule has 1 heteroatoms. The van der Waals surface area contributed by atoms with Crippen LogP contribution in [0.25, 0.3) is 0 Å². The summed E-state index contributed by atoms with van der Waals surface area (Å²) in [5.41, 5.74) is 2.24. The van der Waals surface area contributed by atoms with Crippen LogP contribution >= 0.6 is 0 Å². The SMILES string of the molecule is CC(Cc1ccccc1)[Si](C(C)(C)C)(C(C)(C)C)C(C)(C)C. The highest BCUT2D eigenvalue weighted by Gasteiger charge is 2.61. The van der Waals surface area contributed by atoms with Gasteiger partial charge in [0.25, 0.3) is 0 Å². The van der Waals surface area contributed by atoms with Crippen molar-refractivity contribution in [3.05, 3.63) is 35.9 Å². The fraction of sp³-hybridized carbons (Fsp3) is 0.714. The molecular weight excluding hydrogens is 280 g/mol. The number of rotatable bonds is 3. The fourth-order valence-corrected chi connectivity index (χ4v) is 18.4. The maximum Gasteiger partial charge on any atom is 0.0729 e. The number of hydrogen-bond donors (Lipinski definition) is 0. The summed E-state index contributed by atoms with van der Waals surface area (Å²) in [5, 5.41) is 1.12. The maximum atomic E-state index is 2.53. The smallest absolute Gasteiger partial charge is 0.0645 e. The molecule has 1 aromatic rings. The van der Waals surface area contributed by atoms with Crippen LogP contribution in [0.1, 0.15) is 74.8 Å². The van der Waals surface area contributed by atoms with Gasteiger partial charge in [0.15, 0.2) is 0 Å². The lowest BCUT2D eigenvalue weighted by Gasteiger charge is -2.63. The fourth-order valence-electron chi connectivity index (χ4n) is 6.71. The predicted octanol–water partition coefficient (Wildman–Crippen LogP) is 7.47. The molecule has 0 fully saturated rings. The second kappa shape index (κ2) is 6.15. The third kappa shape index (κ3) is 3.35. The van der Waals surface area contributed by atoms with Crippen molar-refractivity contribution < 1.29 is 0 Å². The van der Waals surface area contributed by atoms with Crippen LogP contribution in [0.2, 0.25) is 20.7 Å². The van der Waals surface area contributed by atoms with E-state index in [1.165, 1.54) is 12.0 Å². The van der Waals surface area contributed by atoms with Crippen LogP contribution in [0.5, 0.6) is 0 Å². The summed E-state index contributed by atoms with van der Waals surface area (Å²) in [6, 6.07) is 11.1. The lowest BCUT2D eigenvalue weighted by molar-refractivity contribution is 0.502. The zero-order valence-electron chi connectivity index (χ0n) is 16.7. The van der Waals surface area contributed by atoms with Gasteiger partial charge in [0, 0.05) is 0 Å². The topological polar surface area (TPSA) is 0 Å². The Morgan fingerprint density at radius 1 is 0.727 bits per heavy atom. The van der Waals surface area contributed by atoms with Crippen LogP contribution in [0.4, 0.5) is 0 Å². The molecule has 0 spiro atoms. The van der Waals surface area contributed by atoms with Gasteiger partial charge in [-0.2, -0.15) is 0 Å². The van der Waals surface area contributed by atoms with E-state index in [9.17, 15) is 0 Å². The van der Waals surface area contributed by atoms with Gasteiger partial charge in [-0.3, -0.25) is 0 Å². The summed E-state index contributed by atoms with van der Waals surface area (Å²) < 4.78 is 0. The molecule has 0 saturated heterocycles. The molecule has 1 rings (SSSR count). The van der Waals surface area contributed by atoms with E-state index in [2.05, 4.69) is 99.6 Å². The molecular formula is C21H38Si. The van der Waals surface area contributed by atoms with Crippen molar-refractivity contribution in [3.8, 4) is 0 Å². The molecule has 0 bridgehead atoms. The second-order valence-corrected chi connectivity index (χ2v) is 17.3. The van der Waals surface area contributed by atoms with Crippen LogP contribution < -0.4 is 0 Å². The Morgan fingerprint density at radius 2 is 1.09 bits per heavy atom. The van der Waals surface area contributed by atoms with E-state index in [0.29, 0.717) is 15.1 Å². The van der Waals surface area contributed by atoms with E-state index in [1.807, 2.05) is 0 Å². The van der Waals surface area contributed by atoms with E-state index in [-0.39, 0.29) is 0 Å². The minimum atomic E-state index is -1.69. The van der Waals surface area contributed by atoms with Gasteiger partial charge in [-0.05, 0) is 32.6 Å². The summed E-state index contributed by atoms with van der Waals surface area (Å²) >= 11 is 0. The van der Waals surface area contributed by atoms with Gasteiger partial charge in [0.2, 0.25) is 0 Å². The monoisotopic (exact) mass is 318 g/mol. The largest absolute Gasteiger partial charge is 0.0729 e. The molecule has 0 nitrogen and oxygen atoms in total. The second-order valence-electron chi connectivity index (χ2n) is 10.1. The Morgan fingerprint density at radius 3 is 1.41 bits per heavy atom. The third-order valence-corrected chi connectivity index (χ3v) is 14.5. The van der Waals surface area contributed by atoms with Crippen molar-refractivity contribution in [2.24, 2.45) is 0 Å². The first-order valence-electron chi connectivity index (χ1n) is 8.79. The Kier molecular flexibility index (Phi) is 5.45. The summed E-state index contributed by atoms with van der Waals surface area (Å²) in [7, 11) is -1.69. The highest BCUT2D eigenvalue weighted by molar-refractivity contribution is 6.88. The van der Waals surface area contributed by atoms with Gasteiger partial charge in [-0.15, -0.1) is 0 Å². The van der Waals surface area contributed by atoms with Gasteiger partial charge in [0.05, 0.1) is 8.07 Å². The molecule has 1 unspecified atom stereocenters. The summed E-state index contributed by atoms with van der Waals surface area (Å²) in [4.78, 5) is 0. The van der Waals surface area contributed by atoms with Gasteiger partial charge >= 0.3 is 0 Å². The van der Waals surface area contributed by atoms with Crippen molar-refractivity contribution in [1.82, 2.24) is 0 Å². The Bertz CT molecular complexity index is 429. The van der Waals surface area contributed by atoms with Gasteiger partial charge < -0.3 is 0 Å². The molecule has 0 N–H and O–H groups in total. The first kappa shape index (κ1) is 19.5. The lowest BCUT2D eigenvalue weighted by Crippen LogP contribution is -2.61. The van der Waals surface area contributed by atoms with Crippen LogP contribution in [0.3, 0.4) is 0 Å². The minimum absolute atomic E-state index is 0.373. The van der Waals surface area contributed by atoms with Crippen molar-refractivity contribution in [3.63, 3.8) is 0 Å². The van der Waals surface area contributed by atoms with E-state index < -0.39 is 8.07 Å². The third-order valence-electron chi connectivity index (χ3n) is 5.67. The molecule has 0 radical (unpaired) electrons. The predicted molar refractivity (Wildman–Crippen MR) is 104 cm³/mol. The molecule has 0 aliphatic rings. The van der Waals surface area contributed by atoms with E-state index in [1.54, 1.807) is 0 Å². The molecule has 1 atom stereocenters. The van der Waals surface area contributed by atoms with Crippen molar-refractivity contribution in [2.75, 3.05) is 0 Å². The van der Waals surface area contributed by atoms with E-state index in [4.69, 9.17) is 0 Å². The van der Waals surface area contributed by atoms with Crippen LogP contribution in [-0.4, -0.2) is 8.07 Å². The van der Waals surface area contributed by atoms with Gasteiger partial charge in [-0.25, -0.2) is 0 Å². The number of hydrogen-bond acceptors (Lipinski definition) is 0. The van der Waals surface area contributed by atoms with Crippen molar-refractivity contribution >= 4 is 8.07 Å². The van der Waals surface area contributed by atoms with Crippen LogP contribution in [0.15, 0.2) is 30.3 Å². The summed E-state index contributed by atoms with van der Waals surface area (Å²) in [6.45, 7) is 25.0. The summed E-state index contributed by atoms with van der Waals surface area (Å²) in [6.07, 6.45) is 1.21. The Labute approximate surface area is 140 Å². The molecule has 0 heterocycles. The van der Waals surface area contributed by atoms with Crippen LogP contribution in [0, 0.1) is 0 Å². The van der Waals surface area contributed by atoms with E-state index in [0.717, 1.165) is 5.54 Å². The highest BCUT2D eigenvalue weighted by atomic mass is 28.3. The Balaban J connectivity index is 3.43. The van der Waals surface area contributed by atoms with Crippen molar-refractivity contribution in [2.45, 2.75) is 96.3 Å². The highest BCUT2D eigenvalue weighted by Crippen LogP contribution is 2.67. The average molecular weight is 319 g/mol. The zero-order chi connectivity index (χ0) is 17.4. The zero-order valence-corrected chi connectivity index (χ0v) is 17.7. The molecule has 0 aliphatic heterocycles. The maximum absolute atomic E-state index is 2.53. The molecule has 126 valence electrons. The average Bonchev–Trinajstić information content (AvgIpc) is 2.24. The normalized spacial score (nSPS) is 15.7. The molecule has 1 aromatic carbocycles. The molecule has 22 heavy (non-hydrogen) atoms. The summed E-state index contributed by atoms with van der Waals surface area (Å²) in [5.74, 6) is 0. The van der Waals surface area contributed by atoms with E-state index >= 15 is 0 Å². The Hall–Kier alpha value is -0.563. The van der Waals surface area contributed by atoms with Gasteiger partial charge in [0.1, 0.15) is 0 Å². The van der Waals surface area contributed by atoms with Crippen molar-refractivity contribution in [1.29, 1.82) is 0 Å². The van der Waals surface area contributed by atoms with Crippen LogP contribution in [-0.2, 0) is 6.42 Å². The standard InChI is InChI=1S/C21H38Si/c1-17(16-18-14-12-11-13-15-18)22(19(2,3)4,20(5,6)7)21(8,9)10/h11-15,17H,16H2,1-10H3. The van der Waals surface area contributed by atoms with Gasteiger partial charge in [-0.1, -0.05) is 99.6 Å². The minimum Gasteiger partial charge on any atom is -0.0645 e. The number of benzene rings is 1. The quantitative estimate of drug-likeness (QED) is 0.507. The first-order valence-corrected chi connectivity index (χ1v) is 10.9. The molecule has 0 amide bonds. The molecule has 0 saturated carbocycles. The first-order chi connectivity index (χ1) is 9.75.